The van der Waals surface area contributed by atoms with Crippen LogP contribution in [0, 0.1) is 11.8 Å². The summed E-state index contributed by atoms with van der Waals surface area (Å²) in [4.78, 5) is 28.4. The zero-order valence-electron chi connectivity index (χ0n) is 15.0. The molecule has 0 radical (unpaired) electrons. The standard InChI is InChI=1S/C19H22N4O2.2ClH/c1-13(15-11-20-12-15)18(24)22-10-14-5-4-6-16(9-14)23-19(25)17-7-2-3-8-21-17;;/h2-9,13,15,20H,10-12H2,1H3,(H,22,24)(H,23,25);2*1H. The zero-order valence-corrected chi connectivity index (χ0v) is 16.6. The van der Waals surface area contributed by atoms with Gasteiger partial charge in [0.1, 0.15) is 5.69 Å². The van der Waals surface area contributed by atoms with E-state index in [1.807, 2.05) is 31.2 Å². The van der Waals surface area contributed by atoms with E-state index in [0.717, 1.165) is 18.7 Å². The number of anilines is 1. The number of carbonyl (C=O) groups excluding carboxylic acids is 2. The lowest BCUT2D eigenvalue weighted by molar-refractivity contribution is -0.126. The Morgan fingerprint density at radius 2 is 1.96 bits per heavy atom. The number of aromatic nitrogens is 1. The van der Waals surface area contributed by atoms with Gasteiger partial charge in [0.05, 0.1) is 0 Å². The van der Waals surface area contributed by atoms with Gasteiger partial charge in [-0.3, -0.25) is 14.6 Å². The van der Waals surface area contributed by atoms with Gasteiger partial charge in [0, 0.05) is 24.3 Å². The molecule has 2 amide bonds. The van der Waals surface area contributed by atoms with Gasteiger partial charge in [-0.25, -0.2) is 0 Å². The molecule has 27 heavy (non-hydrogen) atoms. The highest BCUT2D eigenvalue weighted by atomic mass is 35.5. The summed E-state index contributed by atoms with van der Waals surface area (Å²) in [5.41, 5.74) is 1.98. The van der Waals surface area contributed by atoms with Crippen molar-refractivity contribution in [2.24, 2.45) is 11.8 Å². The maximum Gasteiger partial charge on any atom is 0.274 e. The van der Waals surface area contributed by atoms with Crippen LogP contribution >= 0.6 is 24.8 Å². The van der Waals surface area contributed by atoms with Crippen molar-refractivity contribution in [2.45, 2.75) is 13.5 Å². The average Bonchev–Trinajstić information content (AvgIpc) is 2.59. The number of hydrogen-bond donors (Lipinski definition) is 3. The normalized spacial score (nSPS) is 14.0. The first-order valence-corrected chi connectivity index (χ1v) is 8.43. The number of benzene rings is 1. The molecule has 3 N–H and O–H groups in total. The van der Waals surface area contributed by atoms with Crippen LogP contribution in [0.4, 0.5) is 5.69 Å². The van der Waals surface area contributed by atoms with E-state index in [4.69, 9.17) is 0 Å². The number of pyridine rings is 1. The summed E-state index contributed by atoms with van der Waals surface area (Å²) in [6, 6.07) is 12.6. The SMILES string of the molecule is CC(C(=O)NCc1cccc(NC(=O)c2ccccn2)c1)C1CNC1.Cl.Cl. The fraction of sp³-hybridized carbons (Fsp3) is 0.316. The second kappa shape index (κ2) is 10.9. The summed E-state index contributed by atoms with van der Waals surface area (Å²) in [6.45, 7) is 4.22. The molecule has 3 rings (SSSR count). The lowest BCUT2D eigenvalue weighted by Crippen LogP contribution is -2.49. The molecule has 2 heterocycles. The van der Waals surface area contributed by atoms with Gasteiger partial charge in [-0.1, -0.05) is 25.1 Å². The van der Waals surface area contributed by atoms with E-state index < -0.39 is 0 Å². The number of nitrogens with zero attached hydrogens (tertiary/aromatic N) is 1. The second-order valence-corrected chi connectivity index (χ2v) is 6.29. The molecule has 1 atom stereocenters. The lowest BCUT2D eigenvalue weighted by atomic mass is 9.88. The van der Waals surface area contributed by atoms with Crippen LogP contribution < -0.4 is 16.0 Å². The van der Waals surface area contributed by atoms with Crippen LogP contribution in [-0.2, 0) is 11.3 Å². The molecule has 8 heteroatoms. The van der Waals surface area contributed by atoms with Gasteiger partial charge >= 0.3 is 0 Å². The Morgan fingerprint density at radius 3 is 2.59 bits per heavy atom. The number of carbonyl (C=O) groups is 2. The molecule has 1 unspecified atom stereocenters. The first-order valence-electron chi connectivity index (χ1n) is 8.43. The summed E-state index contributed by atoms with van der Waals surface area (Å²) in [5, 5.41) is 8.98. The molecule has 2 aromatic rings. The molecule has 6 nitrogen and oxygen atoms in total. The monoisotopic (exact) mass is 410 g/mol. The predicted octanol–water partition coefficient (Wildman–Crippen LogP) is 2.65. The van der Waals surface area contributed by atoms with E-state index in [9.17, 15) is 9.59 Å². The number of halogens is 2. The summed E-state index contributed by atoms with van der Waals surface area (Å²) >= 11 is 0. The summed E-state index contributed by atoms with van der Waals surface area (Å²) in [7, 11) is 0. The van der Waals surface area contributed by atoms with Crippen LogP contribution in [0.25, 0.3) is 0 Å². The fourth-order valence-corrected chi connectivity index (χ4v) is 2.68. The molecule has 1 aliphatic rings. The molecule has 0 spiro atoms. The molecule has 1 aromatic carbocycles. The molecule has 1 fully saturated rings. The minimum absolute atomic E-state index is 0. The molecular formula is C19H24Cl2N4O2. The summed E-state index contributed by atoms with van der Waals surface area (Å²) in [6.07, 6.45) is 1.58. The van der Waals surface area contributed by atoms with Crippen molar-refractivity contribution in [3.63, 3.8) is 0 Å². The largest absolute Gasteiger partial charge is 0.352 e. The van der Waals surface area contributed by atoms with Crippen LogP contribution in [0.15, 0.2) is 48.7 Å². The minimum Gasteiger partial charge on any atom is -0.352 e. The van der Waals surface area contributed by atoms with E-state index >= 15 is 0 Å². The molecule has 1 aliphatic heterocycles. The zero-order chi connectivity index (χ0) is 17.6. The van der Waals surface area contributed by atoms with Gasteiger partial charge in [0.15, 0.2) is 0 Å². The van der Waals surface area contributed by atoms with E-state index in [-0.39, 0.29) is 42.5 Å². The average molecular weight is 411 g/mol. The quantitative estimate of drug-likeness (QED) is 0.683. The van der Waals surface area contributed by atoms with Gasteiger partial charge in [0.25, 0.3) is 5.91 Å². The van der Waals surface area contributed by atoms with E-state index in [1.54, 1.807) is 24.4 Å². The molecule has 146 valence electrons. The number of amides is 2. The van der Waals surface area contributed by atoms with E-state index in [0.29, 0.717) is 23.8 Å². The van der Waals surface area contributed by atoms with E-state index in [1.165, 1.54) is 0 Å². The summed E-state index contributed by atoms with van der Waals surface area (Å²) in [5.74, 6) is 0.236. The smallest absolute Gasteiger partial charge is 0.274 e. The van der Waals surface area contributed by atoms with Crippen molar-refractivity contribution in [3.8, 4) is 0 Å². The second-order valence-electron chi connectivity index (χ2n) is 6.29. The Labute approximate surface area is 171 Å². The van der Waals surface area contributed by atoms with Gasteiger partial charge in [-0.15, -0.1) is 24.8 Å². The third-order valence-corrected chi connectivity index (χ3v) is 4.48. The van der Waals surface area contributed by atoms with Crippen molar-refractivity contribution in [3.05, 3.63) is 59.9 Å². The van der Waals surface area contributed by atoms with Crippen molar-refractivity contribution >= 4 is 42.3 Å². The summed E-state index contributed by atoms with van der Waals surface area (Å²) < 4.78 is 0. The number of nitrogens with one attached hydrogen (secondary N) is 3. The lowest BCUT2D eigenvalue weighted by Gasteiger charge is -2.31. The van der Waals surface area contributed by atoms with Crippen molar-refractivity contribution in [1.29, 1.82) is 0 Å². The van der Waals surface area contributed by atoms with Gasteiger partial charge in [-0.2, -0.15) is 0 Å². The molecule has 0 bridgehead atoms. The highest BCUT2D eigenvalue weighted by Gasteiger charge is 2.28. The topological polar surface area (TPSA) is 83.1 Å². The Morgan fingerprint density at radius 1 is 1.19 bits per heavy atom. The Bertz CT molecular complexity index is 754. The predicted molar refractivity (Wildman–Crippen MR) is 110 cm³/mol. The van der Waals surface area contributed by atoms with Crippen LogP contribution in [0.1, 0.15) is 23.0 Å². The Hall–Kier alpha value is -2.15. The van der Waals surface area contributed by atoms with Crippen LogP contribution in [-0.4, -0.2) is 29.9 Å². The van der Waals surface area contributed by atoms with Gasteiger partial charge in [-0.05, 0) is 48.8 Å². The number of rotatable bonds is 6. The Kier molecular flexibility index (Phi) is 9.21. The Balaban J connectivity index is 0.00000182. The van der Waals surface area contributed by atoms with Crippen molar-refractivity contribution in [2.75, 3.05) is 18.4 Å². The van der Waals surface area contributed by atoms with Gasteiger partial charge in [0.2, 0.25) is 5.91 Å². The van der Waals surface area contributed by atoms with Crippen molar-refractivity contribution in [1.82, 2.24) is 15.6 Å². The maximum absolute atomic E-state index is 12.2. The molecule has 1 saturated heterocycles. The van der Waals surface area contributed by atoms with Crippen LogP contribution in [0.2, 0.25) is 0 Å². The first kappa shape index (κ1) is 22.9. The molecular weight excluding hydrogens is 387 g/mol. The van der Waals surface area contributed by atoms with Crippen LogP contribution in [0.5, 0.6) is 0 Å². The molecule has 1 aromatic heterocycles. The highest BCUT2D eigenvalue weighted by molar-refractivity contribution is 6.02. The first-order chi connectivity index (χ1) is 12.1. The number of hydrogen-bond acceptors (Lipinski definition) is 4. The minimum atomic E-state index is -0.257. The van der Waals surface area contributed by atoms with Gasteiger partial charge < -0.3 is 16.0 Å². The fourth-order valence-electron chi connectivity index (χ4n) is 2.68. The third kappa shape index (κ3) is 6.20. The van der Waals surface area contributed by atoms with Crippen LogP contribution in [0.3, 0.4) is 0 Å². The van der Waals surface area contributed by atoms with Crippen molar-refractivity contribution < 1.29 is 9.59 Å². The molecule has 0 aliphatic carbocycles. The highest BCUT2D eigenvalue weighted by Crippen LogP contribution is 2.16. The molecule has 0 saturated carbocycles. The third-order valence-electron chi connectivity index (χ3n) is 4.48. The maximum atomic E-state index is 12.2. The van der Waals surface area contributed by atoms with E-state index in [2.05, 4.69) is 20.9 Å².